The number of nitrogens with one attached hydrogen (secondary N) is 1. The van der Waals surface area contributed by atoms with Crippen LogP contribution in [0.25, 0.3) is 0 Å². The number of hydrogen-bond donors (Lipinski definition) is 1. The van der Waals surface area contributed by atoms with Crippen molar-refractivity contribution >= 4 is 0 Å². The van der Waals surface area contributed by atoms with Crippen molar-refractivity contribution in [3.8, 4) is 0 Å². The Labute approximate surface area is 91.9 Å². The Balaban J connectivity index is 2.00. The molecule has 15 heavy (non-hydrogen) atoms. The van der Waals surface area contributed by atoms with Crippen LogP contribution in [0.4, 0.5) is 0 Å². The van der Waals surface area contributed by atoms with Gasteiger partial charge >= 0.3 is 0 Å². The van der Waals surface area contributed by atoms with Gasteiger partial charge in [-0.2, -0.15) is 5.10 Å². The molecule has 84 valence electrons. The molecule has 2 unspecified atom stereocenters. The van der Waals surface area contributed by atoms with E-state index in [9.17, 15) is 0 Å². The highest BCUT2D eigenvalue weighted by molar-refractivity contribution is 5.08. The van der Waals surface area contributed by atoms with Gasteiger partial charge in [-0.3, -0.25) is 4.68 Å². The molecule has 2 atom stereocenters. The molecule has 0 spiro atoms. The van der Waals surface area contributed by atoms with E-state index in [0.29, 0.717) is 5.92 Å². The zero-order valence-corrected chi connectivity index (χ0v) is 9.74. The van der Waals surface area contributed by atoms with Gasteiger partial charge in [0, 0.05) is 30.9 Å². The maximum atomic E-state index is 4.26. The van der Waals surface area contributed by atoms with Gasteiger partial charge in [-0.15, -0.1) is 0 Å². The number of rotatable bonds is 4. The van der Waals surface area contributed by atoms with E-state index in [0.717, 1.165) is 6.04 Å². The molecule has 2 rings (SSSR count). The molecule has 1 aromatic heterocycles. The van der Waals surface area contributed by atoms with E-state index < -0.39 is 0 Å². The molecule has 0 bridgehead atoms. The van der Waals surface area contributed by atoms with E-state index in [-0.39, 0.29) is 0 Å². The van der Waals surface area contributed by atoms with Crippen molar-refractivity contribution in [3.05, 3.63) is 18.0 Å². The largest absolute Gasteiger partial charge is 0.314 e. The Kier molecular flexibility index (Phi) is 3.41. The first-order valence-corrected chi connectivity index (χ1v) is 6.02. The molecule has 3 nitrogen and oxygen atoms in total. The molecule has 1 N–H and O–H groups in total. The summed E-state index contributed by atoms with van der Waals surface area (Å²) in [4.78, 5) is 0. The predicted octanol–water partition coefficient (Wildman–Crippen LogP) is 2.06. The van der Waals surface area contributed by atoms with E-state index in [1.165, 1.54) is 37.9 Å². The summed E-state index contributed by atoms with van der Waals surface area (Å²) < 4.78 is 2.02. The van der Waals surface area contributed by atoms with Crippen LogP contribution in [0.2, 0.25) is 0 Å². The first-order chi connectivity index (χ1) is 7.31. The van der Waals surface area contributed by atoms with Crippen LogP contribution in [0.15, 0.2) is 12.3 Å². The predicted molar refractivity (Wildman–Crippen MR) is 61.9 cm³/mol. The lowest BCUT2D eigenvalue weighted by Crippen LogP contribution is -2.24. The molecule has 1 aliphatic heterocycles. The van der Waals surface area contributed by atoms with Gasteiger partial charge in [0.2, 0.25) is 0 Å². The minimum absolute atomic E-state index is 0.660. The third-order valence-electron chi connectivity index (χ3n) is 3.50. The highest BCUT2D eigenvalue weighted by Gasteiger charge is 2.21. The normalized spacial score (nSPS) is 23.2. The molecular formula is C12H21N3. The molecule has 3 heteroatoms. The van der Waals surface area contributed by atoms with Crippen LogP contribution in [-0.2, 0) is 7.05 Å². The lowest BCUT2D eigenvalue weighted by Gasteiger charge is -2.19. The summed E-state index contributed by atoms with van der Waals surface area (Å²) in [5.41, 5.74) is 1.38. The molecule has 1 fully saturated rings. The van der Waals surface area contributed by atoms with Crippen LogP contribution < -0.4 is 5.32 Å². The first kappa shape index (κ1) is 10.7. The van der Waals surface area contributed by atoms with Gasteiger partial charge in [-0.05, 0) is 38.3 Å². The Hall–Kier alpha value is -0.830. The van der Waals surface area contributed by atoms with E-state index in [4.69, 9.17) is 0 Å². The smallest absolute Gasteiger partial charge is 0.0492 e. The summed E-state index contributed by atoms with van der Waals surface area (Å²) in [7, 11) is 2.04. The Morgan fingerprint density at radius 1 is 1.67 bits per heavy atom. The van der Waals surface area contributed by atoms with Gasteiger partial charge in [0.15, 0.2) is 0 Å². The van der Waals surface area contributed by atoms with Gasteiger partial charge < -0.3 is 5.32 Å². The zero-order chi connectivity index (χ0) is 10.7. The molecule has 0 aliphatic carbocycles. The van der Waals surface area contributed by atoms with Crippen molar-refractivity contribution < 1.29 is 0 Å². The van der Waals surface area contributed by atoms with Crippen molar-refractivity contribution in [1.82, 2.24) is 15.1 Å². The van der Waals surface area contributed by atoms with Gasteiger partial charge in [0.1, 0.15) is 0 Å². The lowest BCUT2D eigenvalue weighted by atomic mass is 9.93. The third kappa shape index (κ3) is 2.40. The molecule has 1 aromatic rings. The minimum atomic E-state index is 0.660. The van der Waals surface area contributed by atoms with Crippen LogP contribution in [0, 0.1) is 0 Å². The molecule has 2 heterocycles. The molecule has 0 amide bonds. The molecular weight excluding hydrogens is 186 g/mol. The Morgan fingerprint density at radius 2 is 2.53 bits per heavy atom. The topological polar surface area (TPSA) is 29.9 Å². The molecule has 1 aliphatic rings. The van der Waals surface area contributed by atoms with Crippen LogP contribution in [0.1, 0.15) is 44.2 Å². The fraction of sp³-hybridized carbons (Fsp3) is 0.750. The van der Waals surface area contributed by atoms with E-state index in [2.05, 4.69) is 23.4 Å². The summed E-state index contributed by atoms with van der Waals surface area (Å²) >= 11 is 0. The highest BCUT2D eigenvalue weighted by Crippen LogP contribution is 2.26. The second kappa shape index (κ2) is 4.79. The maximum absolute atomic E-state index is 4.26. The fourth-order valence-corrected chi connectivity index (χ4v) is 2.58. The molecule has 0 aromatic carbocycles. The van der Waals surface area contributed by atoms with Gasteiger partial charge in [0.25, 0.3) is 0 Å². The highest BCUT2D eigenvalue weighted by atomic mass is 15.3. The van der Waals surface area contributed by atoms with Gasteiger partial charge in [-0.1, -0.05) is 6.92 Å². The Morgan fingerprint density at radius 3 is 3.07 bits per heavy atom. The van der Waals surface area contributed by atoms with Crippen LogP contribution >= 0.6 is 0 Å². The zero-order valence-electron chi connectivity index (χ0n) is 9.74. The van der Waals surface area contributed by atoms with E-state index in [1.54, 1.807) is 0 Å². The molecule has 0 radical (unpaired) electrons. The van der Waals surface area contributed by atoms with Crippen molar-refractivity contribution in [3.63, 3.8) is 0 Å². The average molecular weight is 207 g/mol. The number of hydrogen-bond acceptors (Lipinski definition) is 2. The number of aromatic nitrogens is 2. The van der Waals surface area contributed by atoms with E-state index in [1.807, 2.05) is 17.9 Å². The quantitative estimate of drug-likeness (QED) is 0.819. The molecule has 0 saturated carbocycles. The van der Waals surface area contributed by atoms with Gasteiger partial charge in [0.05, 0.1) is 0 Å². The number of aryl methyl sites for hydroxylation is 1. The van der Waals surface area contributed by atoms with Crippen molar-refractivity contribution in [1.29, 1.82) is 0 Å². The van der Waals surface area contributed by atoms with E-state index >= 15 is 0 Å². The van der Waals surface area contributed by atoms with Crippen molar-refractivity contribution in [2.75, 3.05) is 6.54 Å². The summed E-state index contributed by atoms with van der Waals surface area (Å²) in [6.45, 7) is 3.47. The fourth-order valence-electron chi connectivity index (χ4n) is 2.58. The summed E-state index contributed by atoms with van der Waals surface area (Å²) in [6.07, 6.45) is 7.05. The average Bonchev–Trinajstić information content (AvgIpc) is 2.85. The second-order valence-corrected chi connectivity index (χ2v) is 4.51. The van der Waals surface area contributed by atoms with Crippen LogP contribution in [-0.4, -0.2) is 22.4 Å². The second-order valence-electron chi connectivity index (χ2n) is 4.51. The summed E-state index contributed by atoms with van der Waals surface area (Å²) in [5, 5.41) is 7.83. The summed E-state index contributed by atoms with van der Waals surface area (Å²) in [6, 6.07) is 2.88. The van der Waals surface area contributed by atoms with Gasteiger partial charge in [-0.25, -0.2) is 0 Å². The molecule has 1 saturated heterocycles. The lowest BCUT2D eigenvalue weighted by molar-refractivity contribution is 0.462. The number of nitrogens with zero attached hydrogens (tertiary/aromatic N) is 2. The Bertz CT molecular complexity index is 300. The summed E-state index contributed by atoms with van der Waals surface area (Å²) in [5.74, 6) is 0.660. The monoisotopic (exact) mass is 207 g/mol. The SMILES string of the molecule is CCC(CC1CCCN1)c1ccnn1C. The van der Waals surface area contributed by atoms with Crippen LogP contribution in [0.5, 0.6) is 0 Å². The maximum Gasteiger partial charge on any atom is 0.0492 e. The standard InChI is InChI=1S/C12H21N3/c1-3-10(9-11-5-4-7-13-11)12-6-8-14-15(12)2/h6,8,10-11,13H,3-5,7,9H2,1-2H3. The minimum Gasteiger partial charge on any atom is -0.314 e. The third-order valence-corrected chi connectivity index (χ3v) is 3.50. The van der Waals surface area contributed by atoms with Crippen molar-refractivity contribution in [2.45, 2.75) is 44.6 Å². The van der Waals surface area contributed by atoms with Crippen LogP contribution in [0.3, 0.4) is 0 Å². The van der Waals surface area contributed by atoms with Crippen molar-refractivity contribution in [2.24, 2.45) is 7.05 Å². The first-order valence-electron chi connectivity index (χ1n) is 6.02.